The van der Waals surface area contributed by atoms with E-state index in [1.165, 1.54) is 22.1 Å². The standard InChI is InChI=1S/C26H34FN5O2/c1-16(2)12-26(5)23(33)32(24(28)31-26)15-21-9-8-20(11-22(21)27)14-30-25(34)29-13-19-7-6-17(3)18(4)10-19/h6-11,16H,12-15H2,1-5H3,(H2,28,31)(H2,29,30,34). The lowest BCUT2D eigenvalue weighted by molar-refractivity contribution is -0.131. The van der Waals surface area contributed by atoms with Gasteiger partial charge in [-0.3, -0.25) is 9.69 Å². The van der Waals surface area contributed by atoms with Gasteiger partial charge in [0.2, 0.25) is 0 Å². The van der Waals surface area contributed by atoms with E-state index in [4.69, 9.17) is 5.73 Å². The first-order chi connectivity index (χ1) is 16.0. The fourth-order valence-corrected chi connectivity index (χ4v) is 4.18. The number of hydrogen-bond donors (Lipinski definition) is 3. The number of nitrogens with two attached hydrogens (primary N) is 1. The largest absolute Gasteiger partial charge is 0.369 e. The van der Waals surface area contributed by atoms with Crippen LogP contribution in [0.3, 0.4) is 0 Å². The Hall–Kier alpha value is -3.42. The summed E-state index contributed by atoms with van der Waals surface area (Å²) in [7, 11) is 0. The number of aryl methyl sites for hydroxylation is 2. The molecule has 3 amide bonds. The van der Waals surface area contributed by atoms with Gasteiger partial charge in [-0.05, 0) is 61.4 Å². The van der Waals surface area contributed by atoms with Gasteiger partial charge in [0.1, 0.15) is 11.4 Å². The molecule has 1 aliphatic heterocycles. The molecule has 0 fully saturated rings. The third-order valence-electron chi connectivity index (χ3n) is 6.07. The van der Waals surface area contributed by atoms with Crippen molar-refractivity contribution in [2.75, 3.05) is 0 Å². The van der Waals surface area contributed by atoms with Crippen molar-refractivity contribution in [3.63, 3.8) is 0 Å². The quantitative estimate of drug-likeness (QED) is 0.549. The van der Waals surface area contributed by atoms with Gasteiger partial charge in [0, 0.05) is 18.7 Å². The van der Waals surface area contributed by atoms with Crippen LogP contribution in [0.15, 0.2) is 41.4 Å². The predicted octanol–water partition coefficient (Wildman–Crippen LogP) is 3.90. The molecule has 1 unspecified atom stereocenters. The van der Waals surface area contributed by atoms with Crippen LogP contribution in [0, 0.1) is 25.6 Å². The Labute approximate surface area is 200 Å². The molecule has 0 aliphatic carbocycles. The van der Waals surface area contributed by atoms with Crippen LogP contribution in [-0.4, -0.2) is 28.3 Å². The molecule has 2 aromatic rings. The van der Waals surface area contributed by atoms with Gasteiger partial charge >= 0.3 is 6.03 Å². The molecule has 1 heterocycles. The van der Waals surface area contributed by atoms with Crippen LogP contribution < -0.4 is 16.4 Å². The van der Waals surface area contributed by atoms with Crippen molar-refractivity contribution in [1.82, 2.24) is 15.5 Å². The lowest BCUT2D eigenvalue weighted by Crippen LogP contribution is -2.43. The maximum absolute atomic E-state index is 14.8. The highest BCUT2D eigenvalue weighted by molar-refractivity contribution is 6.06. The molecule has 8 heteroatoms. The minimum absolute atomic E-state index is 0.0118. The molecule has 34 heavy (non-hydrogen) atoms. The number of nitrogens with one attached hydrogen (secondary N) is 2. The Bertz CT molecular complexity index is 1110. The van der Waals surface area contributed by atoms with Crippen molar-refractivity contribution in [2.24, 2.45) is 16.6 Å². The van der Waals surface area contributed by atoms with Crippen molar-refractivity contribution >= 4 is 17.9 Å². The van der Waals surface area contributed by atoms with Gasteiger partial charge < -0.3 is 16.4 Å². The molecule has 0 saturated heterocycles. The molecule has 0 saturated carbocycles. The number of carbonyl (C=O) groups excluding carboxylic acids is 2. The highest BCUT2D eigenvalue weighted by atomic mass is 19.1. The highest BCUT2D eigenvalue weighted by Gasteiger charge is 2.44. The molecule has 4 N–H and O–H groups in total. The van der Waals surface area contributed by atoms with E-state index in [-0.39, 0.29) is 36.9 Å². The Balaban J connectivity index is 1.55. The summed E-state index contributed by atoms with van der Waals surface area (Å²) < 4.78 is 14.8. The Morgan fingerprint density at radius 2 is 1.71 bits per heavy atom. The van der Waals surface area contributed by atoms with Crippen molar-refractivity contribution in [3.8, 4) is 0 Å². The zero-order chi connectivity index (χ0) is 25.0. The Morgan fingerprint density at radius 3 is 2.29 bits per heavy atom. The number of nitrogens with zero attached hydrogens (tertiary/aromatic N) is 2. The summed E-state index contributed by atoms with van der Waals surface area (Å²) in [6.45, 7) is 10.5. The number of urea groups is 1. The molecule has 182 valence electrons. The molecule has 0 bridgehead atoms. The number of amides is 3. The summed E-state index contributed by atoms with van der Waals surface area (Å²) >= 11 is 0. The average Bonchev–Trinajstić information content (AvgIpc) is 2.96. The number of aliphatic imine (C=N–C) groups is 1. The summed E-state index contributed by atoms with van der Waals surface area (Å²) in [4.78, 5) is 30.7. The number of rotatable bonds is 8. The Kier molecular flexibility index (Phi) is 7.59. The molecule has 3 rings (SSSR count). The summed E-state index contributed by atoms with van der Waals surface area (Å²) in [5.74, 6) is -0.303. The third kappa shape index (κ3) is 5.92. The minimum atomic E-state index is -0.913. The number of guanidine groups is 1. The highest BCUT2D eigenvalue weighted by Crippen LogP contribution is 2.29. The predicted molar refractivity (Wildman–Crippen MR) is 131 cm³/mol. The maximum atomic E-state index is 14.8. The molecule has 1 atom stereocenters. The summed E-state index contributed by atoms with van der Waals surface area (Å²) in [5.41, 5.74) is 9.41. The maximum Gasteiger partial charge on any atom is 0.315 e. The zero-order valence-corrected chi connectivity index (χ0v) is 20.5. The van der Waals surface area contributed by atoms with E-state index in [1.807, 2.05) is 45.9 Å². The van der Waals surface area contributed by atoms with Crippen molar-refractivity contribution in [2.45, 2.75) is 66.2 Å². The second-order valence-corrected chi connectivity index (χ2v) is 9.61. The second-order valence-electron chi connectivity index (χ2n) is 9.61. The molecule has 0 radical (unpaired) electrons. The second kappa shape index (κ2) is 10.2. The van der Waals surface area contributed by atoms with E-state index in [1.54, 1.807) is 19.1 Å². The van der Waals surface area contributed by atoms with Crippen LogP contribution in [-0.2, 0) is 24.4 Å². The van der Waals surface area contributed by atoms with Gasteiger partial charge in [-0.2, -0.15) is 0 Å². The lowest BCUT2D eigenvalue weighted by atomic mass is 9.91. The van der Waals surface area contributed by atoms with E-state index in [9.17, 15) is 14.0 Å². The van der Waals surface area contributed by atoms with E-state index >= 15 is 0 Å². The Morgan fingerprint density at radius 1 is 1.09 bits per heavy atom. The first-order valence-corrected chi connectivity index (χ1v) is 11.5. The molecule has 0 aromatic heterocycles. The molecule has 2 aromatic carbocycles. The SMILES string of the molecule is Cc1ccc(CNC(=O)NCc2ccc(CN3C(=O)C(C)(CC(C)C)N=C3N)c(F)c2)cc1C. The fourth-order valence-electron chi connectivity index (χ4n) is 4.18. The third-order valence-corrected chi connectivity index (χ3v) is 6.07. The summed E-state index contributed by atoms with van der Waals surface area (Å²) in [5, 5.41) is 5.54. The van der Waals surface area contributed by atoms with Crippen LogP contribution in [0.2, 0.25) is 0 Å². The normalized spacial score (nSPS) is 17.8. The summed E-state index contributed by atoms with van der Waals surface area (Å²) in [6.07, 6.45) is 0.571. The first kappa shape index (κ1) is 25.2. The van der Waals surface area contributed by atoms with Gasteiger partial charge in [0.25, 0.3) is 5.91 Å². The molecular weight excluding hydrogens is 433 g/mol. The van der Waals surface area contributed by atoms with Gasteiger partial charge in [-0.25, -0.2) is 14.2 Å². The number of benzene rings is 2. The van der Waals surface area contributed by atoms with Crippen LogP contribution in [0.5, 0.6) is 0 Å². The topological polar surface area (TPSA) is 99.8 Å². The lowest BCUT2D eigenvalue weighted by Gasteiger charge is -2.23. The van der Waals surface area contributed by atoms with Crippen LogP contribution >= 0.6 is 0 Å². The molecular formula is C26H34FN5O2. The van der Waals surface area contributed by atoms with Crippen molar-refractivity contribution in [3.05, 3.63) is 70.0 Å². The number of halogens is 1. The van der Waals surface area contributed by atoms with Gasteiger partial charge in [0.05, 0.1) is 6.54 Å². The molecule has 7 nitrogen and oxygen atoms in total. The van der Waals surface area contributed by atoms with Crippen LogP contribution in [0.4, 0.5) is 9.18 Å². The van der Waals surface area contributed by atoms with Gasteiger partial charge in [-0.1, -0.05) is 44.2 Å². The van der Waals surface area contributed by atoms with E-state index < -0.39 is 11.4 Å². The van der Waals surface area contributed by atoms with E-state index in [0.717, 1.165) is 5.56 Å². The fraction of sp³-hybridized carbons (Fsp3) is 0.423. The minimum Gasteiger partial charge on any atom is -0.369 e. The molecule has 0 spiro atoms. The molecule has 1 aliphatic rings. The number of hydrogen-bond acceptors (Lipinski definition) is 4. The zero-order valence-electron chi connectivity index (χ0n) is 20.5. The van der Waals surface area contributed by atoms with Crippen LogP contribution in [0.1, 0.15) is 55.0 Å². The first-order valence-electron chi connectivity index (χ1n) is 11.5. The monoisotopic (exact) mass is 467 g/mol. The van der Waals surface area contributed by atoms with Crippen molar-refractivity contribution < 1.29 is 14.0 Å². The average molecular weight is 468 g/mol. The van der Waals surface area contributed by atoms with Crippen molar-refractivity contribution in [1.29, 1.82) is 0 Å². The van der Waals surface area contributed by atoms with Crippen LogP contribution in [0.25, 0.3) is 0 Å². The van der Waals surface area contributed by atoms with Gasteiger partial charge in [0.15, 0.2) is 5.96 Å². The number of carbonyl (C=O) groups is 2. The van der Waals surface area contributed by atoms with Gasteiger partial charge in [-0.15, -0.1) is 0 Å². The smallest absolute Gasteiger partial charge is 0.315 e. The van der Waals surface area contributed by atoms with E-state index in [0.29, 0.717) is 24.1 Å². The van der Waals surface area contributed by atoms with E-state index in [2.05, 4.69) is 15.6 Å². The summed E-state index contributed by atoms with van der Waals surface area (Å²) in [6, 6.07) is 10.4.